The maximum absolute atomic E-state index is 4.41. The Bertz CT molecular complexity index is 925. The number of H-pyrrole nitrogens is 1. The molecule has 102 valence electrons. The Morgan fingerprint density at radius 2 is 1.86 bits per heavy atom. The highest BCUT2D eigenvalue weighted by Crippen LogP contribution is 2.31. The first kappa shape index (κ1) is 11.9. The van der Waals surface area contributed by atoms with Crippen LogP contribution in [0.3, 0.4) is 0 Å². The lowest BCUT2D eigenvalue weighted by Gasteiger charge is -2.12. The number of para-hydroxylation sites is 1. The van der Waals surface area contributed by atoms with Gasteiger partial charge in [0.2, 0.25) is 0 Å². The molecule has 0 atom stereocenters. The van der Waals surface area contributed by atoms with Crippen molar-refractivity contribution in [1.82, 2.24) is 15.0 Å². The second kappa shape index (κ2) is 4.59. The fourth-order valence-electron chi connectivity index (χ4n) is 2.65. The van der Waals surface area contributed by atoms with Crippen LogP contribution >= 0.6 is 0 Å². The monoisotopic (exact) mass is 274 g/mol. The van der Waals surface area contributed by atoms with E-state index in [0.29, 0.717) is 0 Å². The molecule has 2 aromatic heterocycles. The Morgan fingerprint density at radius 1 is 1.00 bits per heavy atom. The van der Waals surface area contributed by atoms with Crippen LogP contribution in [-0.4, -0.2) is 15.0 Å². The standard InChI is InChI=1S/C17H14N4/c1-11-9-15(21-12-5-3-2-4-6-12)16-13(20-11)7-8-14-17(16)19-10-18-14/h2-10,20-21H,1H3. The van der Waals surface area contributed by atoms with Gasteiger partial charge in [0.1, 0.15) is 11.8 Å². The number of nitrogens with zero attached hydrogens (tertiary/aromatic N) is 2. The van der Waals surface area contributed by atoms with Crippen molar-refractivity contribution in [3.63, 3.8) is 0 Å². The lowest BCUT2D eigenvalue weighted by Crippen LogP contribution is -1.95. The van der Waals surface area contributed by atoms with Gasteiger partial charge in [0.05, 0.1) is 11.2 Å². The van der Waals surface area contributed by atoms with Gasteiger partial charge in [0, 0.05) is 22.3 Å². The highest BCUT2D eigenvalue weighted by molar-refractivity contribution is 6.10. The molecule has 0 bridgehead atoms. The normalized spacial score (nSPS) is 11.1. The van der Waals surface area contributed by atoms with Crippen molar-refractivity contribution in [3.8, 4) is 0 Å². The summed E-state index contributed by atoms with van der Waals surface area (Å²) < 4.78 is 0. The third kappa shape index (κ3) is 2.01. The number of aromatic amines is 1. The van der Waals surface area contributed by atoms with Crippen molar-refractivity contribution >= 4 is 33.3 Å². The minimum atomic E-state index is 0.913. The van der Waals surface area contributed by atoms with Gasteiger partial charge in [-0.1, -0.05) is 18.2 Å². The molecule has 2 N–H and O–H groups in total. The fourth-order valence-corrected chi connectivity index (χ4v) is 2.65. The van der Waals surface area contributed by atoms with Crippen LogP contribution in [0.25, 0.3) is 21.9 Å². The van der Waals surface area contributed by atoms with Crippen molar-refractivity contribution in [2.24, 2.45) is 0 Å². The van der Waals surface area contributed by atoms with Crippen LogP contribution in [0.15, 0.2) is 54.9 Å². The zero-order valence-electron chi connectivity index (χ0n) is 11.6. The van der Waals surface area contributed by atoms with E-state index in [1.807, 2.05) is 24.3 Å². The average Bonchev–Trinajstić information content (AvgIpc) is 2.96. The van der Waals surface area contributed by atoms with Crippen LogP contribution in [-0.2, 0) is 0 Å². The van der Waals surface area contributed by atoms with E-state index >= 15 is 0 Å². The van der Waals surface area contributed by atoms with E-state index < -0.39 is 0 Å². The predicted octanol–water partition coefficient (Wildman–Crippen LogP) is 4.16. The fraction of sp³-hybridized carbons (Fsp3) is 0.0588. The number of rotatable bonds is 2. The summed E-state index contributed by atoms with van der Waals surface area (Å²) in [7, 11) is 0. The first-order chi connectivity index (χ1) is 10.3. The van der Waals surface area contributed by atoms with E-state index in [-0.39, 0.29) is 0 Å². The van der Waals surface area contributed by atoms with Crippen molar-refractivity contribution in [3.05, 3.63) is 60.6 Å². The maximum atomic E-state index is 4.41. The number of hydrogen-bond donors (Lipinski definition) is 2. The molecule has 0 spiro atoms. The molecule has 2 aromatic carbocycles. The summed E-state index contributed by atoms with van der Waals surface area (Å²) in [6, 6.07) is 16.3. The summed E-state index contributed by atoms with van der Waals surface area (Å²) in [4.78, 5) is 12.1. The van der Waals surface area contributed by atoms with Gasteiger partial charge in [-0.05, 0) is 37.3 Å². The molecular formula is C17H14N4. The van der Waals surface area contributed by atoms with Crippen molar-refractivity contribution in [1.29, 1.82) is 0 Å². The van der Waals surface area contributed by atoms with Gasteiger partial charge in [-0.3, -0.25) is 0 Å². The number of pyridine rings is 1. The van der Waals surface area contributed by atoms with E-state index in [1.54, 1.807) is 6.33 Å². The number of anilines is 2. The molecular weight excluding hydrogens is 260 g/mol. The summed E-state index contributed by atoms with van der Waals surface area (Å²) in [5, 5.41) is 4.55. The SMILES string of the molecule is Cc1cc(Nc2ccccc2)c2c(ccc3ncnc32)[nH]1. The Kier molecular flexibility index (Phi) is 2.60. The molecule has 0 fully saturated rings. The largest absolute Gasteiger partial charge is 0.358 e. The molecule has 2 heterocycles. The van der Waals surface area contributed by atoms with Gasteiger partial charge in [-0.25, -0.2) is 9.97 Å². The Morgan fingerprint density at radius 3 is 2.71 bits per heavy atom. The van der Waals surface area contributed by atoms with Crippen LogP contribution in [0.4, 0.5) is 11.4 Å². The van der Waals surface area contributed by atoms with Crippen LogP contribution in [0.1, 0.15) is 5.69 Å². The molecule has 0 aliphatic rings. The van der Waals surface area contributed by atoms with E-state index in [1.165, 1.54) is 0 Å². The first-order valence-electron chi connectivity index (χ1n) is 6.86. The molecule has 0 aliphatic heterocycles. The molecule has 21 heavy (non-hydrogen) atoms. The smallest absolute Gasteiger partial charge is 0.116 e. The summed E-state index contributed by atoms with van der Waals surface area (Å²) in [5.41, 5.74) is 6.08. The number of hydrogen-bond acceptors (Lipinski definition) is 3. The lowest BCUT2D eigenvalue weighted by molar-refractivity contribution is 1.26. The highest BCUT2D eigenvalue weighted by Gasteiger charge is 2.10. The molecule has 4 rings (SSSR count). The lowest BCUT2D eigenvalue weighted by atomic mass is 10.1. The van der Waals surface area contributed by atoms with Gasteiger partial charge in [-0.2, -0.15) is 0 Å². The minimum Gasteiger partial charge on any atom is -0.358 e. The zero-order chi connectivity index (χ0) is 14.2. The van der Waals surface area contributed by atoms with Gasteiger partial charge < -0.3 is 10.3 Å². The molecule has 4 aromatic rings. The van der Waals surface area contributed by atoms with Crippen molar-refractivity contribution < 1.29 is 0 Å². The van der Waals surface area contributed by atoms with Gasteiger partial charge in [-0.15, -0.1) is 0 Å². The summed E-state index contributed by atoms with van der Waals surface area (Å²) in [5.74, 6) is 0. The molecule has 0 unspecified atom stereocenters. The zero-order valence-corrected chi connectivity index (χ0v) is 11.6. The van der Waals surface area contributed by atoms with Crippen LogP contribution in [0, 0.1) is 6.92 Å². The molecule has 4 nitrogen and oxygen atoms in total. The average molecular weight is 274 g/mol. The molecule has 0 radical (unpaired) electrons. The summed E-state index contributed by atoms with van der Waals surface area (Å²) in [6.45, 7) is 2.05. The van der Waals surface area contributed by atoms with Gasteiger partial charge in [0.25, 0.3) is 0 Å². The number of aryl methyl sites for hydroxylation is 1. The third-order valence-electron chi connectivity index (χ3n) is 3.56. The quantitative estimate of drug-likeness (QED) is 0.577. The number of imidazole rings is 1. The number of nitrogens with one attached hydrogen (secondary N) is 2. The highest BCUT2D eigenvalue weighted by atomic mass is 14.9. The summed E-state index contributed by atoms with van der Waals surface area (Å²) in [6.07, 6.45) is 1.61. The number of aromatic nitrogens is 3. The second-order valence-electron chi connectivity index (χ2n) is 5.09. The molecule has 0 saturated heterocycles. The minimum absolute atomic E-state index is 0.913. The van der Waals surface area contributed by atoms with Crippen molar-refractivity contribution in [2.75, 3.05) is 5.32 Å². The molecule has 0 amide bonds. The Balaban J connectivity index is 2.00. The molecule has 0 aliphatic carbocycles. The third-order valence-corrected chi connectivity index (χ3v) is 3.56. The van der Waals surface area contributed by atoms with Gasteiger partial charge in [0.15, 0.2) is 0 Å². The molecule has 0 saturated carbocycles. The van der Waals surface area contributed by atoms with Crippen LogP contribution in [0.2, 0.25) is 0 Å². The Hall–Kier alpha value is -2.88. The topological polar surface area (TPSA) is 53.6 Å². The van der Waals surface area contributed by atoms with Gasteiger partial charge >= 0.3 is 0 Å². The molecule has 4 heteroatoms. The number of benzene rings is 2. The summed E-state index contributed by atoms with van der Waals surface area (Å²) >= 11 is 0. The van der Waals surface area contributed by atoms with Crippen molar-refractivity contribution in [2.45, 2.75) is 6.92 Å². The van der Waals surface area contributed by atoms with E-state index in [4.69, 9.17) is 0 Å². The first-order valence-corrected chi connectivity index (χ1v) is 6.86. The second-order valence-corrected chi connectivity index (χ2v) is 5.09. The van der Waals surface area contributed by atoms with Crippen LogP contribution < -0.4 is 5.32 Å². The Labute approximate surface area is 121 Å². The number of fused-ring (bicyclic) bond motifs is 3. The predicted molar refractivity (Wildman–Crippen MR) is 85.9 cm³/mol. The van der Waals surface area contributed by atoms with E-state index in [9.17, 15) is 0 Å². The van der Waals surface area contributed by atoms with E-state index in [2.05, 4.69) is 51.5 Å². The van der Waals surface area contributed by atoms with E-state index in [0.717, 1.165) is 39.0 Å². The maximum Gasteiger partial charge on any atom is 0.116 e. The van der Waals surface area contributed by atoms with Crippen LogP contribution in [0.5, 0.6) is 0 Å².